The van der Waals surface area contributed by atoms with Crippen LogP contribution in [0.3, 0.4) is 0 Å². The first-order valence-electron chi connectivity index (χ1n) is 6.83. The zero-order valence-corrected chi connectivity index (χ0v) is 12.6. The molecule has 1 fully saturated rings. The lowest BCUT2D eigenvalue weighted by Crippen LogP contribution is -2.54. The van der Waals surface area contributed by atoms with Gasteiger partial charge < -0.3 is 20.9 Å². The van der Waals surface area contributed by atoms with Crippen molar-refractivity contribution in [3.8, 4) is 0 Å². The number of halogens is 1. The van der Waals surface area contributed by atoms with E-state index in [0.717, 1.165) is 5.69 Å². The summed E-state index contributed by atoms with van der Waals surface area (Å²) in [5.41, 5.74) is 6.01. The van der Waals surface area contributed by atoms with Crippen LogP contribution in [-0.4, -0.2) is 49.1 Å². The molecule has 0 saturated carbocycles. The Labute approximate surface area is 128 Å². The summed E-state index contributed by atoms with van der Waals surface area (Å²) < 4.78 is 0. The Bertz CT molecular complexity index is 529. The maximum absolute atomic E-state index is 12.2. The second kappa shape index (κ2) is 6.67. The second-order valence-corrected chi connectivity index (χ2v) is 5.40. The number of urea groups is 1. The summed E-state index contributed by atoms with van der Waals surface area (Å²) in [4.78, 5) is 26.8. The number of nitrogens with two attached hydrogens (primary N) is 1. The Morgan fingerprint density at radius 1 is 1.24 bits per heavy atom. The van der Waals surface area contributed by atoms with Gasteiger partial charge in [0.05, 0.1) is 10.7 Å². The van der Waals surface area contributed by atoms with Crippen LogP contribution in [0.4, 0.5) is 10.5 Å². The predicted octanol–water partition coefficient (Wildman–Crippen LogP) is 1.05. The molecule has 0 aliphatic carbocycles. The van der Waals surface area contributed by atoms with Crippen LogP contribution in [0.25, 0.3) is 0 Å². The number of anilines is 1. The zero-order chi connectivity index (χ0) is 15.4. The minimum atomic E-state index is -0.689. The molecule has 1 atom stereocenters. The molecule has 21 heavy (non-hydrogen) atoms. The van der Waals surface area contributed by atoms with Gasteiger partial charge in [-0.3, -0.25) is 4.79 Å². The molecule has 1 saturated heterocycles. The normalized spacial score (nSPS) is 16.5. The molecular formula is C14H19ClN4O2. The van der Waals surface area contributed by atoms with Gasteiger partial charge in [-0.15, -0.1) is 0 Å². The van der Waals surface area contributed by atoms with E-state index in [9.17, 15) is 9.59 Å². The van der Waals surface area contributed by atoms with Crippen molar-refractivity contribution in [2.45, 2.75) is 13.0 Å². The van der Waals surface area contributed by atoms with Gasteiger partial charge >= 0.3 is 6.03 Å². The minimum Gasteiger partial charge on any atom is -0.367 e. The summed E-state index contributed by atoms with van der Waals surface area (Å²) in [6.45, 7) is 4.23. The first-order chi connectivity index (χ1) is 9.99. The molecule has 1 aliphatic rings. The van der Waals surface area contributed by atoms with E-state index < -0.39 is 12.1 Å². The maximum Gasteiger partial charge on any atom is 0.312 e. The smallest absolute Gasteiger partial charge is 0.312 e. The highest BCUT2D eigenvalue weighted by atomic mass is 35.5. The average Bonchev–Trinajstić information content (AvgIpc) is 2.46. The molecule has 6 nitrogen and oxygen atoms in total. The van der Waals surface area contributed by atoms with Crippen molar-refractivity contribution >= 4 is 29.2 Å². The lowest BCUT2D eigenvalue weighted by Gasteiger charge is -2.37. The van der Waals surface area contributed by atoms with Crippen molar-refractivity contribution in [1.29, 1.82) is 0 Å². The Hall–Kier alpha value is -1.95. The monoisotopic (exact) mass is 310 g/mol. The quantitative estimate of drug-likeness (QED) is 0.875. The molecule has 114 valence electrons. The van der Waals surface area contributed by atoms with Crippen molar-refractivity contribution in [2.75, 3.05) is 31.1 Å². The van der Waals surface area contributed by atoms with Gasteiger partial charge in [0.1, 0.15) is 6.04 Å². The second-order valence-electron chi connectivity index (χ2n) is 4.99. The Morgan fingerprint density at radius 2 is 1.86 bits per heavy atom. The fraction of sp³-hybridized carbons (Fsp3) is 0.429. The molecule has 2 rings (SSSR count). The van der Waals surface area contributed by atoms with E-state index in [1.807, 2.05) is 24.3 Å². The molecule has 3 N–H and O–H groups in total. The Balaban J connectivity index is 1.93. The highest BCUT2D eigenvalue weighted by Crippen LogP contribution is 2.26. The van der Waals surface area contributed by atoms with E-state index in [0.29, 0.717) is 31.2 Å². The van der Waals surface area contributed by atoms with Crippen molar-refractivity contribution in [1.82, 2.24) is 10.2 Å². The number of nitrogens with one attached hydrogen (secondary N) is 1. The third-order valence-electron chi connectivity index (χ3n) is 3.51. The third-order valence-corrected chi connectivity index (χ3v) is 3.83. The van der Waals surface area contributed by atoms with E-state index in [4.69, 9.17) is 17.3 Å². The maximum atomic E-state index is 12.2. The van der Waals surface area contributed by atoms with Crippen molar-refractivity contribution in [3.05, 3.63) is 29.3 Å². The van der Waals surface area contributed by atoms with Crippen molar-refractivity contribution in [2.24, 2.45) is 5.73 Å². The summed E-state index contributed by atoms with van der Waals surface area (Å²) in [5.74, 6) is -0.118. The lowest BCUT2D eigenvalue weighted by atomic mass is 10.2. The number of para-hydroxylation sites is 1. The number of primary amides is 1. The lowest BCUT2D eigenvalue weighted by molar-refractivity contribution is -0.133. The molecule has 1 heterocycles. The van der Waals surface area contributed by atoms with E-state index in [-0.39, 0.29) is 5.91 Å². The molecule has 0 radical (unpaired) electrons. The fourth-order valence-electron chi connectivity index (χ4n) is 2.42. The highest BCUT2D eigenvalue weighted by molar-refractivity contribution is 6.33. The van der Waals surface area contributed by atoms with E-state index in [1.165, 1.54) is 0 Å². The number of rotatable bonds is 3. The highest BCUT2D eigenvalue weighted by Gasteiger charge is 2.26. The van der Waals surface area contributed by atoms with Crippen LogP contribution in [0.2, 0.25) is 5.02 Å². The first kappa shape index (κ1) is 15.4. The molecule has 0 bridgehead atoms. The van der Waals surface area contributed by atoms with Crippen LogP contribution < -0.4 is 16.0 Å². The summed E-state index contributed by atoms with van der Waals surface area (Å²) in [5, 5.41) is 3.11. The van der Waals surface area contributed by atoms with Gasteiger partial charge in [0.15, 0.2) is 0 Å². The van der Waals surface area contributed by atoms with Gasteiger partial charge in [0.2, 0.25) is 5.91 Å². The van der Waals surface area contributed by atoms with E-state index in [2.05, 4.69) is 10.2 Å². The molecule has 0 unspecified atom stereocenters. The summed E-state index contributed by atoms with van der Waals surface area (Å²) in [6, 6.07) is 6.37. The van der Waals surface area contributed by atoms with Gasteiger partial charge in [-0.1, -0.05) is 23.7 Å². The minimum absolute atomic E-state index is 0.118. The predicted molar refractivity (Wildman–Crippen MR) is 82.4 cm³/mol. The van der Waals surface area contributed by atoms with Crippen LogP contribution in [0.15, 0.2) is 24.3 Å². The average molecular weight is 311 g/mol. The molecule has 1 aromatic rings. The van der Waals surface area contributed by atoms with Crippen molar-refractivity contribution in [3.63, 3.8) is 0 Å². The standard InChI is InChI=1S/C14H19ClN4O2/c1-10(17-14(16)21)13(20)19-8-6-18(7-9-19)12-5-3-2-4-11(12)15/h2-5,10H,6-9H2,1H3,(H3,16,17,21)/t10-/m1/s1. The number of nitrogens with zero attached hydrogens (tertiary/aromatic N) is 2. The summed E-state index contributed by atoms with van der Waals surface area (Å²) in [7, 11) is 0. The number of amides is 3. The molecule has 1 aliphatic heterocycles. The number of carbonyl (C=O) groups excluding carboxylic acids is 2. The Morgan fingerprint density at radius 3 is 2.43 bits per heavy atom. The molecule has 0 aromatic heterocycles. The van der Waals surface area contributed by atoms with Crippen LogP contribution in [-0.2, 0) is 4.79 Å². The summed E-state index contributed by atoms with van der Waals surface area (Å²) in [6.07, 6.45) is 0. The Kier molecular flexibility index (Phi) is 4.90. The number of carbonyl (C=O) groups is 2. The van der Waals surface area contributed by atoms with Gasteiger partial charge in [0.25, 0.3) is 0 Å². The van der Waals surface area contributed by atoms with Crippen LogP contribution in [0.5, 0.6) is 0 Å². The van der Waals surface area contributed by atoms with Gasteiger partial charge in [-0.05, 0) is 19.1 Å². The number of hydrogen-bond acceptors (Lipinski definition) is 3. The first-order valence-corrected chi connectivity index (χ1v) is 7.21. The third kappa shape index (κ3) is 3.78. The van der Waals surface area contributed by atoms with E-state index >= 15 is 0 Å². The van der Waals surface area contributed by atoms with Gasteiger partial charge in [0, 0.05) is 26.2 Å². The topological polar surface area (TPSA) is 78.7 Å². The molecule has 7 heteroatoms. The zero-order valence-electron chi connectivity index (χ0n) is 11.9. The SMILES string of the molecule is C[C@@H](NC(N)=O)C(=O)N1CCN(c2ccccc2Cl)CC1. The summed E-state index contributed by atoms with van der Waals surface area (Å²) >= 11 is 6.18. The largest absolute Gasteiger partial charge is 0.367 e. The number of benzene rings is 1. The fourth-order valence-corrected chi connectivity index (χ4v) is 2.68. The van der Waals surface area contributed by atoms with E-state index in [1.54, 1.807) is 11.8 Å². The molecule has 0 spiro atoms. The number of piperazine rings is 1. The van der Waals surface area contributed by atoms with Crippen LogP contribution in [0, 0.1) is 0 Å². The van der Waals surface area contributed by atoms with Crippen molar-refractivity contribution < 1.29 is 9.59 Å². The van der Waals surface area contributed by atoms with Gasteiger partial charge in [-0.2, -0.15) is 0 Å². The number of hydrogen-bond donors (Lipinski definition) is 2. The van der Waals surface area contributed by atoms with Crippen LogP contribution in [0.1, 0.15) is 6.92 Å². The van der Waals surface area contributed by atoms with Gasteiger partial charge in [-0.25, -0.2) is 4.79 Å². The molecular weight excluding hydrogens is 292 g/mol. The van der Waals surface area contributed by atoms with Crippen LogP contribution >= 0.6 is 11.6 Å². The molecule has 3 amide bonds. The molecule has 1 aromatic carbocycles.